The van der Waals surface area contributed by atoms with Gasteiger partial charge in [0.2, 0.25) is 11.6 Å². The first-order valence-electron chi connectivity index (χ1n) is 17.4. The van der Waals surface area contributed by atoms with Crippen molar-refractivity contribution in [3.8, 4) is 22.3 Å². The molecule has 2 N–H and O–H groups in total. The number of fused-ring (bicyclic) bond motifs is 11. The van der Waals surface area contributed by atoms with E-state index in [4.69, 9.17) is 15.0 Å². The third kappa shape index (κ3) is 3.38. The molecule has 242 valence electrons. The van der Waals surface area contributed by atoms with Crippen LogP contribution >= 0.6 is 0 Å². The molecule has 11 aromatic rings. The van der Waals surface area contributed by atoms with E-state index in [1.165, 1.54) is 5.56 Å². The summed E-state index contributed by atoms with van der Waals surface area (Å²) in [6.07, 6.45) is 1.66. The lowest BCUT2D eigenvalue weighted by Crippen LogP contribution is -2.26. The Morgan fingerprint density at radius 2 is 1.04 bits per heavy atom. The Kier molecular flexibility index (Phi) is 5.25. The first-order valence-corrected chi connectivity index (χ1v) is 17.4. The van der Waals surface area contributed by atoms with Crippen molar-refractivity contribution < 1.29 is 10.2 Å². The van der Waals surface area contributed by atoms with Crippen LogP contribution in [0.4, 0.5) is 0 Å². The topological polar surface area (TPSA) is 83.5 Å². The van der Waals surface area contributed by atoms with Crippen molar-refractivity contribution >= 4 is 81.7 Å². The van der Waals surface area contributed by atoms with E-state index >= 15 is 0 Å². The summed E-state index contributed by atoms with van der Waals surface area (Å²) >= 11 is 0. The summed E-state index contributed by atoms with van der Waals surface area (Å²) in [5.41, 5.74) is 7.80. The molecule has 1 aliphatic carbocycles. The third-order valence-electron chi connectivity index (χ3n) is 11.2. The van der Waals surface area contributed by atoms with E-state index in [9.17, 15) is 10.2 Å². The van der Waals surface area contributed by atoms with Crippen molar-refractivity contribution in [2.75, 3.05) is 0 Å². The predicted octanol–water partition coefficient (Wildman–Crippen LogP) is 10.0. The summed E-state index contributed by atoms with van der Waals surface area (Å²) < 4.78 is 1.88. The summed E-state index contributed by atoms with van der Waals surface area (Å²) in [6.45, 7) is 0. The number of aliphatic hydroxyl groups is 2. The van der Waals surface area contributed by atoms with Crippen molar-refractivity contribution in [2.24, 2.45) is 0 Å². The van der Waals surface area contributed by atoms with E-state index in [2.05, 4.69) is 103 Å². The highest BCUT2D eigenvalue weighted by atomic mass is 16.5. The molecule has 6 heteroatoms. The second-order valence-corrected chi connectivity index (χ2v) is 13.8. The molecule has 3 heterocycles. The van der Waals surface area contributed by atoms with Crippen LogP contribution in [0.2, 0.25) is 0 Å². The van der Waals surface area contributed by atoms with Gasteiger partial charge in [-0.1, -0.05) is 127 Å². The fourth-order valence-corrected chi connectivity index (χ4v) is 9.12. The van der Waals surface area contributed by atoms with E-state index in [1.807, 2.05) is 34.7 Å². The SMILES string of the molecule is OC1(O)c2ccnc3cc(-c4c5ccccc5c(-c5ccccc5)c5ccccc45)c4nc5nc6c7ccccc7c7ccccc7c6n5c1c4c23. The molecular weight excluding hydrogens is 641 g/mol. The van der Waals surface area contributed by atoms with E-state index in [0.717, 1.165) is 70.8 Å². The van der Waals surface area contributed by atoms with Gasteiger partial charge in [0.15, 0.2) is 0 Å². The summed E-state index contributed by atoms with van der Waals surface area (Å²) in [6, 6.07) is 47.8. The molecule has 8 aromatic carbocycles. The molecule has 52 heavy (non-hydrogen) atoms. The van der Waals surface area contributed by atoms with Crippen LogP contribution < -0.4 is 0 Å². The van der Waals surface area contributed by atoms with Crippen LogP contribution in [0.15, 0.2) is 146 Å². The third-order valence-corrected chi connectivity index (χ3v) is 11.2. The van der Waals surface area contributed by atoms with E-state index in [-0.39, 0.29) is 0 Å². The fourth-order valence-electron chi connectivity index (χ4n) is 9.12. The van der Waals surface area contributed by atoms with Crippen molar-refractivity contribution in [3.05, 3.63) is 157 Å². The van der Waals surface area contributed by atoms with Crippen LogP contribution in [0, 0.1) is 0 Å². The van der Waals surface area contributed by atoms with Gasteiger partial charge in [-0.25, -0.2) is 9.97 Å². The first-order chi connectivity index (χ1) is 25.6. The van der Waals surface area contributed by atoms with Crippen LogP contribution in [0.5, 0.6) is 0 Å². The Hall–Kier alpha value is -6.73. The Balaban J connectivity index is 1.33. The van der Waals surface area contributed by atoms with Gasteiger partial charge in [-0.3, -0.25) is 9.38 Å². The lowest BCUT2D eigenvalue weighted by molar-refractivity contribution is -0.131. The van der Waals surface area contributed by atoms with Crippen molar-refractivity contribution in [3.63, 3.8) is 0 Å². The molecular formula is C46H26N4O2. The van der Waals surface area contributed by atoms with Crippen LogP contribution in [0.3, 0.4) is 0 Å². The highest BCUT2D eigenvalue weighted by Crippen LogP contribution is 2.52. The zero-order valence-electron chi connectivity index (χ0n) is 27.5. The Bertz CT molecular complexity index is 3330. The van der Waals surface area contributed by atoms with Crippen molar-refractivity contribution in [1.82, 2.24) is 19.4 Å². The number of pyridine rings is 1. The van der Waals surface area contributed by atoms with E-state index in [1.54, 1.807) is 12.3 Å². The van der Waals surface area contributed by atoms with Gasteiger partial charge < -0.3 is 10.2 Å². The van der Waals surface area contributed by atoms with Gasteiger partial charge in [-0.05, 0) is 61.1 Å². The highest BCUT2D eigenvalue weighted by molar-refractivity contribution is 6.28. The molecule has 0 saturated carbocycles. The number of rotatable bonds is 2. The first kappa shape index (κ1) is 28.0. The molecule has 0 radical (unpaired) electrons. The Labute approximate surface area is 295 Å². The maximum absolute atomic E-state index is 12.3. The zero-order valence-corrected chi connectivity index (χ0v) is 27.5. The second kappa shape index (κ2) is 9.74. The van der Waals surface area contributed by atoms with Gasteiger partial charge >= 0.3 is 0 Å². The second-order valence-electron chi connectivity index (χ2n) is 13.8. The normalized spacial score (nSPS) is 13.7. The van der Waals surface area contributed by atoms with Crippen LogP contribution in [-0.2, 0) is 5.79 Å². The fraction of sp³-hybridized carbons (Fsp3) is 0.0217. The maximum atomic E-state index is 12.3. The molecule has 3 aromatic heterocycles. The number of aromatic nitrogens is 4. The molecule has 0 unspecified atom stereocenters. The molecule has 0 fully saturated rings. The van der Waals surface area contributed by atoms with Gasteiger partial charge in [0, 0.05) is 38.9 Å². The highest BCUT2D eigenvalue weighted by Gasteiger charge is 2.43. The number of hydrogen-bond acceptors (Lipinski definition) is 5. The predicted molar refractivity (Wildman–Crippen MR) is 209 cm³/mol. The standard InChI is InChI=1S/C46H26N4O2/c51-46(52)35-22-23-47-36-24-34(38-30-18-8-6-16-28(30)37(25-12-2-1-3-13-25)29-17-7-9-19-31(29)38)41-40(39(35)36)44(46)50-43-33-21-11-5-15-27(33)26-14-4-10-20-32(26)42(43)49-45(50)48-41/h1-24,51-52H. The van der Waals surface area contributed by atoms with Crippen LogP contribution in [0.1, 0.15) is 11.3 Å². The zero-order chi connectivity index (χ0) is 34.3. The minimum Gasteiger partial charge on any atom is -0.357 e. The number of nitrogens with zero attached hydrogens (tertiary/aromatic N) is 4. The number of hydrogen-bond donors (Lipinski definition) is 2. The van der Waals surface area contributed by atoms with Crippen molar-refractivity contribution in [1.29, 1.82) is 0 Å². The summed E-state index contributed by atoms with van der Waals surface area (Å²) in [7, 11) is 0. The van der Waals surface area contributed by atoms with Gasteiger partial charge in [0.25, 0.3) is 0 Å². The van der Waals surface area contributed by atoms with E-state index < -0.39 is 5.79 Å². The average Bonchev–Trinajstić information content (AvgIpc) is 3.69. The van der Waals surface area contributed by atoms with Gasteiger partial charge in [-0.15, -0.1) is 0 Å². The Morgan fingerprint density at radius 1 is 0.500 bits per heavy atom. The maximum Gasteiger partial charge on any atom is 0.235 e. The number of imidazole rings is 1. The largest absolute Gasteiger partial charge is 0.357 e. The minimum absolute atomic E-state index is 0.333. The number of benzene rings is 8. The van der Waals surface area contributed by atoms with Gasteiger partial charge in [0.05, 0.1) is 22.1 Å². The van der Waals surface area contributed by atoms with Crippen LogP contribution in [-0.4, -0.2) is 29.6 Å². The lowest BCUT2D eigenvalue weighted by atomic mass is 9.85. The quantitative estimate of drug-likeness (QED) is 0.109. The minimum atomic E-state index is -2.33. The summed E-state index contributed by atoms with van der Waals surface area (Å²) in [5, 5.41) is 34.5. The molecule has 0 amide bonds. The van der Waals surface area contributed by atoms with Crippen molar-refractivity contribution in [2.45, 2.75) is 5.79 Å². The monoisotopic (exact) mass is 666 g/mol. The molecule has 0 aliphatic heterocycles. The van der Waals surface area contributed by atoms with Gasteiger partial charge in [-0.2, -0.15) is 0 Å². The lowest BCUT2D eigenvalue weighted by Gasteiger charge is -2.21. The molecule has 0 saturated heterocycles. The van der Waals surface area contributed by atoms with Gasteiger partial charge in [0.1, 0.15) is 5.69 Å². The molecule has 1 aliphatic rings. The summed E-state index contributed by atoms with van der Waals surface area (Å²) in [4.78, 5) is 15.5. The summed E-state index contributed by atoms with van der Waals surface area (Å²) in [5.74, 6) is -1.93. The Morgan fingerprint density at radius 3 is 1.71 bits per heavy atom. The molecule has 0 spiro atoms. The van der Waals surface area contributed by atoms with Crippen LogP contribution in [0.25, 0.3) is 104 Å². The molecule has 0 bridgehead atoms. The molecule has 6 nitrogen and oxygen atoms in total. The molecule has 0 atom stereocenters. The average molecular weight is 667 g/mol. The van der Waals surface area contributed by atoms with E-state index in [0.29, 0.717) is 38.8 Å². The smallest absolute Gasteiger partial charge is 0.235 e. The molecule has 12 rings (SSSR count).